The van der Waals surface area contributed by atoms with Crippen LogP contribution in [0.1, 0.15) is 11.5 Å². The summed E-state index contributed by atoms with van der Waals surface area (Å²) >= 11 is 0. The van der Waals surface area contributed by atoms with E-state index in [0.29, 0.717) is 11.8 Å². The number of halogens is 2. The van der Waals surface area contributed by atoms with Crippen LogP contribution in [0.4, 0.5) is 8.78 Å². The zero-order valence-corrected chi connectivity index (χ0v) is 7.56. The minimum atomic E-state index is -2.88. The first kappa shape index (κ1) is 11.1. The summed E-state index contributed by atoms with van der Waals surface area (Å²) in [4.78, 5) is 10.4. The van der Waals surface area contributed by atoms with Crippen LogP contribution < -0.4 is 4.74 Å². The van der Waals surface area contributed by atoms with E-state index in [1.165, 1.54) is 24.3 Å². The van der Waals surface area contributed by atoms with Gasteiger partial charge in [-0.05, 0) is 17.7 Å². The lowest BCUT2D eigenvalue weighted by Gasteiger charge is -2.05. The molecule has 0 N–H and O–H groups in total. The minimum Gasteiger partial charge on any atom is -0.435 e. The number of hydrogen-bond donors (Lipinski definition) is 0. The Hall–Kier alpha value is -1.96. The zero-order valence-electron chi connectivity index (χ0n) is 7.56. The summed E-state index contributed by atoms with van der Waals surface area (Å²) in [6.45, 7) is -2.88. The second-order valence-electron chi connectivity index (χ2n) is 2.69. The number of nitriles is 1. The van der Waals surface area contributed by atoms with Gasteiger partial charge >= 0.3 is 6.61 Å². The molecule has 0 aliphatic rings. The molecule has 1 atom stereocenters. The maximum Gasteiger partial charge on any atom is 0.387 e. The molecule has 5 heteroatoms. The molecule has 0 aliphatic carbocycles. The Morgan fingerprint density at radius 1 is 1.33 bits per heavy atom. The second kappa shape index (κ2) is 5.05. The van der Waals surface area contributed by atoms with Gasteiger partial charge in [0.25, 0.3) is 0 Å². The predicted octanol–water partition coefficient (Wildman–Crippen LogP) is 2.09. The number of hydrogen-bond acceptors (Lipinski definition) is 3. The largest absolute Gasteiger partial charge is 0.435 e. The van der Waals surface area contributed by atoms with Crippen molar-refractivity contribution in [1.82, 2.24) is 0 Å². The van der Waals surface area contributed by atoms with Gasteiger partial charge in [0, 0.05) is 0 Å². The molecule has 3 nitrogen and oxygen atoms in total. The summed E-state index contributed by atoms with van der Waals surface area (Å²) in [7, 11) is 0. The molecule has 0 saturated carbocycles. The van der Waals surface area contributed by atoms with Crippen LogP contribution in [0.5, 0.6) is 5.75 Å². The number of ether oxygens (including phenoxy) is 1. The highest BCUT2D eigenvalue weighted by Crippen LogP contribution is 2.19. The molecule has 1 unspecified atom stereocenters. The third kappa shape index (κ3) is 3.02. The average Bonchev–Trinajstić information content (AvgIpc) is 2.21. The first-order valence-electron chi connectivity index (χ1n) is 4.07. The van der Waals surface area contributed by atoms with E-state index >= 15 is 0 Å². The lowest BCUT2D eigenvalue weighted by Crippen LogP contribution is -2.02. The van der Waals surface area contributed by atoms with Crippen molar-refractivity contribution in [1.29, 1.82) is 5.26 Å². The number of carbonyl (C=O) groups is 1. The number of aldehydes is 1. The van der Waals surface area contributed by atoms with Gasteiger partial charge in [-0.25, -0.2) is 0 Å². The average molecular weight is 211 g/mol. The predicted molar refractivity (Wildman–Crippen MR) is 47.5 cm³/mol. The van der Waals surface area contributed by atoms with Crippen LogP contribution in [0.25, 0.3) is 0 Å². The van der Waals surface area contributed by atoms with E-state index in [4.69, 9.17) is 5.26 Å². The van der Waals surface area contributed by atoms with Crippen LogP contribution in [-0.2, 0) is 4.79 Å². The van der Waals surface area contributed by atoms with Gasteiger partial charge < -0.3 is 9.53 Å². The number of rotatable bonds is 4. The molecule has 0 radical (unpaired) electrons. The Balaban J connectivity index is 2.81. The number of alkyl halides is 2. The van der Waals surface area contributed by atoms with E-state index in [2.05, 4.69) is 4.74 Å². The fourth-order valence-electron chi connectivity index (χ4n) is 1.04. The molecule has 15 heavy (non-hydrogen) atoms. The summed E-state index contributed by atoms with van der Waals surface area (Å²) in [6, 6.07) is 7.15. The van der Waals surface area contributed by atoms with Crippen LogP contribution in [0.2, 0.25) is 0 Å². The van der Waals surface area contributed by atoms with Gasteiger partial charge in [-0.3, -0.25) is 0 Å². The van der Waals surface area contributed by atoms with Crippen LogP contribution in [0.15, 0.2) is 24.3 Å². The molecular weight excluding hydrogens is 204 g/mol. The third-order valence-corrected chi connectivity index (χ3v) is 1.74. The minimum absolute atomic E-state index is 0.00339. The Labute approximate surface area is 84.9 Å². The molecule has 0 spiro atoms. The van der Waals surface area contributed by atoms with Gasteiger partial charge in [0.05, 0.1) is 6.07 Å². The maximum atomic E-state index is 11.8. The van der Waals surface area contributed by atoms with Crippen molar-refractivity contribution < 1.29 is 18.3 Å². The van der Waals surface area contributed by atoms with Crippen LogP contribution in [-0.4, -0.2) is 12.9 Å². The Morgan fingerprint density at radius 2 is 1.93 bits per heavy atom. The standard InChI is InChI=1S/C10H7F2NO2/c11-10(12)15-9-3-1-7(2-4-9)8(5-13)6-14/h1-4,6,8,10H. The fourth-order valence-corrected chi connectivity index (χ4v) is 1.04. The van der Waals surface area contributed by atoms with Crippen molar-refractivity contribution in [3.8, 4) is 11.8 Å². The molecule has 1 rings (SSSR count). The monoisotopic (exact) mass is 211 g/mol. The molecule has 1 aromatic rings. The fraction of sp³-hybridized carbons (Fsp3) is 0.200. The number of nitrogens with zero attached hydrogens (tertiary/aromatic N) is 1. The lowest BCUT2D eigenvalue weighted by molar-refractivity contribution is -0.108. The van der Waals surface area contributed by atoms with E-state index in [9.17, 15) is 13.6 Å². The molecule has 78 valence electrons. The van der Waals surface area contributed by atoms with E-state index < -0.39 is 12.5 Å². The molecule has 0 aromatic heterocycles. The van der Waals surface area contributed by atoms with Crippen molar-refractivity contribution in [3.63, 3.8) is 0 Å². The van der Waals surface area contributed by atoms with Crippen molar-refractivity contribution in [3.05, 3.63) is 29.8 Å². The summed E-state index contributed by atoms with van der Waals surface area (Å²) in [5.74, 6) is -0.873. The number of carbonyl (C=O) groups excluding carboxylic acids is 1. The number of benzene rings is 1. The van der Waals surface area contributed by atoms with Crippen molar-refractivity contribution in [2.75, 3.05) is 0 Å². The second-order valence-corrected chi connectivity index (χ2v) is 2.69. The molecule has 0 fully saturated rings. The van der Waals surface area contributed by atoms with Crippen LogP contribution in [0, 0.1) is 11.3 Å². The summed E-state index contributed by atoms with van der Waals surface area (Å²) in [5.41, 5.74) is 0.453. The normalized spacial score (nSPS) is 11.9. The highest BCUT2D eigenvalue weighted by Gasteiger charge is 2.09. The molecule has 0 saturated heterocycles. The molecule has 0 heterocycles. The van der Waals surface area contributed by atoms with Crippen LogP contribution in [0.3, 0.4) is 0 Å². The van der Waals surface area contributed by atoms with Crippen LogP contribution >= 0.6 is 0 Å². The highest BCUT2D eigenvalue weighted by atomic mass is 19.3. The Bertz CT molecular complexity index is 370. The smallest absolute Gasteiger partial charge is 0.387 e. The van der Waals surface area contributed by atoms with Gasteiger partial charge in [0.15, 0.2) is 0 Å². The van der Waals surface area contributed by atoms with E-state index in [1.54, 1.807) is 6.07 Å². The van der Waals surface area contributed by atoms with E-state index in [1.807, 2.05) is 0 Å². The van der Waals surface area contributed by atoms with Crippen molar-refractivity contribution in [2.24, 2.45) is 0 Å². The molecular formula is C10H7F2NO2. The lowest BCUT2D eigenvalue weighted by atomic mass is 10.0. The third-order valence-electron chi connectivity index (χ3n) is 1.74. The molecule has 0 bridgehead atoms. The Morgan fingerprint density at radius 3 is 2.33 bits per heavy atom. The van der Waals surface area contributed by atoms with Gasteiger partial charge in [0.2, 0.25) is 0 Å². The zero-order chi connectivity index (χ0) is 11.3. The maximum absolute atomic E-state index is 11.8. The summed E-state index contributed by atoms with van der Waals surface area (Å²) in [6.07, 6.45) is 0.489. The van der Waals surface area contributed by atoms with Gasteiger partial charge in [0.1, 0.15) is 18.0 Å². The van der Waals surface area contributed by atoms with Gasteiger partial charge in [-0.1, -0.05) is 12.1 Å². The summed E-state index contributed by atoms with van der Waals surface area (Å²) < 4.78 is 27.7. The van der Waals surface area contributed by atoms with Crippen molar-refractivity contribution >= 4 is 6.29 Å². The summed E-state index contributed by atoms with van der Waals surface area (Å²) in [5, 5.41) is 8.56. The SMILES string of the molecule is N#CC(C=O)c1ccc(OC(F)F)cc1. The molecule has 0 amide bonds. The molecule has 1 aromatic carbocycles. The van der Waals surface area contributed by atoms with Gasteiger partial charge in [-0.2, -0.15) is 14.0 Å². The Kier molecular flexibility index (Phi) is 3.75. The first-order chi connectivity index (χ1) is 7.17. The van der Waals surface area contributed by atoms with Gasteiger partial charge in [-0.15, -0.1) is 0 Å². The first-order valence-corrected chi connectivity index (χ1v) is 4.07. The molecule has 0 aliphatic heterocycles. The van der Waals surface area contributed by atoms with Crippen molar-refractivity contribution in [2.45, 2.75) is 12.5 Å². The quantitative estimate of drug-likeness (QED) is 0.716. The van der Waals surface area contributed by atoms with E-state index in [0.717, 1.165) is 0 Å². The van der Waals surface area contributed by atoms with E-state index in [-0.39, 0.29) is 5.75 Å². The highest BCUT2D eigenvalue weighted by molar-refractivity contribution is 5.66. The topological polar surface area (TPSA) is 50.1 Å².